The van der Waals surface area contributed by atoms with Crippen molar-refractivity contribution in [1.29, 1.82) is 0 Å². The van der Waals surface area contributed by atoms with E-state index in [1.165, 1.54) is 5.69 Å². The van der Waals surface area contributed by atoms with E-state index in [0.717, 1.165) is 65.9 Å². The first-order valence-corrected chi connectivity index (χ1v) is 13.6. The van der Waals surface area contributed by atoms with Crippen molar-refractivity contribution in [3.05, 3.63) is 83.2 Å². The van der Waals surface area contributed by atoms with Crippen LogP contribution in [0.2, 0.25) is 0 Å². The number of hydrogen-bond donors (Lipinski definition) is 2. The molecule has 0 aliphatic carbocycles. The number of pyridine rings is 1. The first kappa shape index (κ1) is 25.7. The SMILES string of the molecule is CCCC(=O)Nc1ccc(-c2cc3cc(-c4ccc(N5CCN(C(C)C)CC5)cc4)ccc3[nH]c2=O)cc1. The summed E-state index contributed by atoms with van der Waals surface area (Å²) < 4.78 is 0. The Labute approximate surface area is 224 Å². The Hall–Kier alpha value is -3.90. The minimum absolute atomic E-state index is 0.00179. The molecule has 38 heavy (non-hydrogen) atoms. The van der Waals surface area contributed by atoms with Crippen molar-refractivity contribution in [2.24, 2.45) is 0 Å². The number of anilines is 2. The number of piperazine rings is 1. The van der Waals surface area contributed by atoms with E-state index in [1.54, 1.807) is 0 Å². The molecule has 6 nitrogen and oxygen atoms in total. The van der Waals surface area contributed by atoms with Crippen LogP contribution in [0.4, 0.5) is 11.4 Å². The number of fused-ring (bicyclic) bond motifs is 1. The zero-order valence-electron chi connectivity index (χ0n) is 22.5. The van der Waals surface area contributed by atoms with Crippen molar-refractivity contribution in [2.45, 2.75) is 39.7 Å². The van der Waals surface area contributed by atoms with Gasteiger partial charge in [0.2, 0.25) is 5.91 Å². The standard InChI is InChI=1S/C32H36N4O2/c1-4-5-31(37)33-27-11-6-24(7-12-27)29-21-26-20-25(10-15-30(26)34-32(29)38)23-8-13-28(14-9-23)36-18-16-35(17-19-36)22(2)3/h6-15,20-22H,4-5,16-19H2,1-3H3,(H,33,37)(H,34,38). The van der Waals surface area contributed by atoms with E-state index in [0.29, 0.717) is 18.0 Å². The number of carbonyl (C=O) groups excluding carboxylic acids is 1. The summed E-state index contributed by atoms with van der Waals surface area (Å²) in [7, 11) is 0. The van der Waals surface area contributed by atoms with Gasteiger partial charge in [0, 0.05) is 61.1 Å². The van der Waals surface area contributed by atoms with Gasteiger partial charge in [-0.1, -0.05) is 37.3 Å². The van der Waals surface area contributed by atoms with Crippen LogP contribution in [0.1, 0.15) is 33.6 Å². The van der Waals surface area contributed by atoms with Crippen molar-refractivity contribution in [2.75, 3.05) is 36.4 Å². The summed E-state index contributed by atoms with van der Waals surface area (Å²) in [6.45, 7) is 10.8. The van der Waals surface area contributed by atoms with Crippen LogP contribution in [0.15, 0.2) is 77.6 Å². The molecule has 1 amide bonds. The van der Waals surface area contributed by atoms with E-state index < -0.39 is 0 Å². The number of H-pyrrole nitrogens is 1. The highest BCUT2D eigenvalue weighted by Gasteiger charge is 2.19. The van der Waals surface area contributed by atoms with Gasteiger partial charge in [0.25, 0.3) is 5.56 Å². The lowest BCUT2D eigenvalue weighted by atomic mass is 10.00. The molecule has 196 valence electrons. The van der Waals surface area contributed by atoms with Crippen LogP contribution in [-0.2, 0) is 4.79 Å². The van der Waals surface area contributed by atoms with Crippen LogP contribution in [0.25, 0.3) is 33.2 Å². The van der Waals surface area contributed by atoms with Gasteiger partial charge in [-0.05, 0) is 84.8 Å². The lowest BCUT2D eigenvalue weighted by molar-refractivity contribution is -0.116. The molecule has 1 aliphatic rings. The van der Waals surface area contributed by atoms with Crippen molar-refractivity contribution in [3.8, 4) is 22.3 Å². The smallest absolute Gasteiger partial charge is 0.256 e. The minimum atomic E-state index is -0.130. The Morgan fingerprint density at radius 3 is 2.18 bits per heavy atom. The molecule has 0 spiro atoms. The summed E-state index contributed by atoms with van der Waals surface area (Å²) in [5, 5.41) is 3.87. The van der Waals surface area contributed by atoms with Gasteiger partial charge < -0.3 is 15.2 Å². The average molecular weight is 509 g/mol. The number of carbonyl (C=O) groups is 1. The molecule has 4 aromatic rings. The molecular formula is C32H36N4O2. The fourth-order valence-electron chi connectivity index (χ4n) is 5.15. The second-order valence-electron chi connectivity index (χ2n) is 10.4. The number of amides is 1. The van der Waals surface area contributed by atoms with Gasteiger partial charge in [-0.2, -0.15) is 0 Å². The molecule has 1 aliphatic heterocycles. The Morgan fingerprint density at radius 1 is 0.868 bits per heavy atom. The van der Waals surface area contributed by atoms with Gasteiger partial charge in [0.1, 0.15) is 0 Å². The average Bonchev–Trinajstić information content (AvgIpc) is 2.93. The molecule has 0 saturated carbocycles. The van der Waals surface area contributed by atoms with Gasteiger partial charge in [0.05, 0.1) is 0 Å². The van der Waals surface area contributed by atoms with Gasteiger partial charge in [-0.25, -0.2) is 0 Å². The Balaban J connectivity index is 1.35. The maximum absolute atomic E-state index is 12.8. The van der Waals surface area contributed by atoms with Crippen molar-refractivity contribution < 1.29 is 4.79 Å². The number of hydrogen-bond acceptors (Lipinski definition) is 4. The van der Waals surface area contributed by atoms with Gasteiger partial charge >= 0.3 is 0 Å². The number of nitrogens with one attached hydrogen (secondary N) is 2. The zero-order valence-corrected chi connectivity index (χ0v) is 22.5. The molecule has 2 N–H and O–H groups in total. The molecule has 3 aromatic carbocycles. The van der Waals surface area contributed by atoms with Gasteiger partial charge in [0.15, 0.2) is 0 Å². The van der Waals surface area contributed by atoms with E-state index in [9.17, 15) is 9.59 Å². The third kappa shape index (κ3) is 5.65. The molecule has 2 heterocycles. The first-order chi connectivity index (χ1) is 18.4. The molecule has 1 aromatic heterocycles. The molecule has 0 atom stereocenters. The van der Waals surface area contributed by atoms with Gasteiger partial charge in [-0.15, -0.1) is 0 Å². The predicted octanol–water partition coefficient (Wildman–Crippen LogP) is 6.13. The van der Waals surface area contributed by atoms with Crippen LogP contribution >= 0.6 is 0 Å². The maximum Gasteiger partial charge on any atom is 0.256 e. The molecule has 0 radical (unpaired) electrons. The molecular weight excluding hydrogens is 472 g/mol. The van der Waals surface area contributed by atoms with E-state index in [1.807, 2.05) is 43.3 Å². The first-order valence-electron chi connectivity index (χ1n) is 13.6. The maximum atomic E-state index is 12.8. The van der Waals surface area contributed by atoms with E-state index in [-0.39, 0.29) is 11.5 Å². The highest BCUT2D eigenvalue weighted by molar-refractivity contribution is 5.91. The Morgan fingerprint density at radius 2 is 1.53 bits per heavy atom. The van der Waals surface area contributed by atoms with Crippen LogP contribution in [0.3, 0.4) is 0 Å². The second-order valence-corrected chi connectivity index (χ2v) is 10.4. The summed E-state index contributed by atoms with van der Waals surface area (Å²) in [6, 6.07) is 24.9. The second kappa shape index (κ2) is 11.2. The summed E-state index contributed by atoms with van der Waals surface area (Å²) in [5.74, 6) is -0.00179. The van der Waals surface area contributed by atoms with E-state index >= 15 is 0 Å². The Bertz CT molecular complexity index is 1460. The van der Waals surface area contributed by atoms with Crippen LogP contribution in [-0.4, -0.2) is 48.0 Å². The topological polar surface area (TPSA) is 68.4 Å². The van der Waals surface area contributed by atoms with Crippen molar-refractivity contribution >= 4 is 28.2 Å². The number of nitrogens with zero attached hydrogens (tertiary/aromatic N) is 2. The zero-order chi connectivity index (χ0) is 26.6. The summed E-state index contributed by atoms with van der Waals surface area (Å²) in [4.78, 5) is 32.7. The normalized spacial score (nSPS) is 14.3. The highest BCUT2D eigenvalue weighted by Crippen LogP contribution is 2.28. The number of benzene rings is 3. The fraction of sp³-hybridized carbons (Fsp3) is 0.312. The quantitative estimate of drug-likeness (QED) is 0.315. The van der Waals surface area contributed by atoms with Crippen LogP contribution in [0, 0.1) is 0 Å². The monoisotopic (exact) mass is 508 g/mol. The van der Waals surface area contributed by atoms with Crippen LogP contribution in [0.5, 0.6) is 0 Å². The van der Waals surface area contributed by atoms with Crippen molar-refractivity contribution in [1.82, 2.24) is 9.88 Å². The molecule has 5 rings (SSSR count). The number of aromatic amines is 1. The lowest BCUT2D eigenvalue weighted by Gasteiger charge is -2.38. The minimum Gasteiger partial charge on any atom is -0.369 e. The number of aromatic nitrogens is 1. The molecule has 1 fully saturated rings. The predicted molar refractivity (Wildman–Crippen MR) is 158 cm³/mol. The van der Waals surface area contributed by atoms with E-state index in [4.69, 9.17) is 0 Å². The van der Waals surface area contributed by atoms with Crippen LogP contribution < -0.4 is 15.8 Å². The fourth-order valence-corrected chi connectivity index (χ4v) is 5.15. The molecule has 1 saturated heterocycles. The molecule has 0 unspecified atom stereocenters. The molecule has 0 bridgehead atoms. The summed E-state index contributed by atoms with van der Waals surface area (Å²) in [6.07, 6.45) is 1.30. The van der Waals surface area contributed by atoms with Gasteiger partial charge in [-0.3, -0.25) is 14.5 Å². The van der Waals surface area contributed by atoms with E-state index in [2.05, 4.69) is 70.3 Å². The summed E-state index contributed by atoms with van der Waals surface area (Å²) >= 11 is 0. The third-order valence-electron chi connectivity index (χ3n) is 7.41. The lowest BCUT2D eigenvalue weighted by Crippen LogP contribution is -2.48. The summed E-state index contributed by atoms with van der Waals surface area (Å²) in [5.41, 5.74) is 6.36. The highest BCUT2D eigenvalue weighted by atomic mass is 16.1. The third-order valence-corrected chi connectivity index (χ3v) is 7.41. The number of rotatable bonds is 7. The largest absolute Gasteiger partial charge is 0.369 e. The van der Waals surface area contributed by atoms with Crippen molar-refractivity contribution in [3.63, 3.8) is 0 Å². The molecule has 6 heteroatoms. The Kier molecular flexibility index (Phi) is 7.61.